The maximum Gasteiger partial charge on any atom is 0.434 e. The molecule has 2 N–H and O–H groups in total. The molecule has 31 heavy (non-hydrogen) atoms. The van der Waals surface area contributed by atoms with E-state index in [0.29, 0.717) is 28.6 Å². The first-order valence-corrected chi connectivity index (χ1v) is 9.24. The van der Waals surface area contributed by atoms with E-state index >= 15 is 0 Å². The van der Waals surface area contributed by atoms with Gasteiger partial charge >= 0.3 is 18.3 Å². The zero-order valence-electron chi connectivity index (χ0n) is 16.2. The fourth-order valence-corrected chi connectivity index (χ4v) is 3.42. The molecular weight excluding hydrogens is 417 g/mol. The number of nitrogens with one attached hydrogen (secondary N) is 2. The maximum atomic E-state index is 12.9. The lowest BCUT2D eigenvalue weighted by molar-refractivity contribution is -0.137. The van der Waals surface area contributed by atoms with Crippen LogP contribution < -0.4 is 15.4 Å². The minimum atomic E-state index is -4.48. The second kappa shape index (κ2) is 7.82. The van der Waals surface area contributed by atoms with Crippen LogP contribution in [0.15, 0.2) is 42.6 Å². The van der Waals surface area contributed by atoms with Gasteiger partial charge in [0.15, 0.2) is 0 Å². The van der Waals surface area contributed by atoms with Crippen LogP contribution in [0.2, 0.25) is 0 Å². The molecule has 2 heterocycles. The number of nitrogens with zero attached hydrogens (tertiary/aromatic N) is 2. The first-order chi connectivity index (χ1) is 14.8. The Kier molecular flexibility index (Phi) is 5.17. The van der Waals surface area contributed by atoms with Crippen LogP contribution in [-0.4, -0.2) is 35.6 Å². The molecular formula is C20H17F3N4O4. The van der Waals surface area contributed by atoms with Crippen LogP contribution in [0.25, 0.3) is 10.9 Å². The number of urea groups is 1. The van der Waals surface area contributed by atoms with Crippen LogP contribution in [-0.2, 0) is 10.9 Å². The molecule has 2 aromatic carbocycles. The van der Waals surface area contributed by atoms with Crippen LogP contribution in [0, 0.1) is 0 Å². The third-order valence-corrected chi connectivity index (χ3v) is 4.90. The molecule has 1 aromatic heterocycles. The molecule has 11 heteroatoms. The van der Waals surface area contributed by atoms with E-state index in [0.717, 1.165) is 16.8 Å². The van der Waals surface area contributed by atoms with E-state index in [1.54, 1.807) is 18.2 Å². The SMILES string of the molecule is COC(=O)n1ncc2c(NC(=O)NC3CCOc4cc(C(F)(F)F)ccc43)cccc21. The molecule has 0 saturated heterocycles. The monoisotopic (exact) mass is 434 g/mol. The van der Waals surface area contributed by atoms with E-state index in [4.69, 9.17) is 4.74 Å². The van der Waals surface area contributed by atoms with Crippen molar-refractivity contribution in [3.8, 4) is 5.75 Å². The third-order valence-electron chi connectivity index (χ3n) is 4.90. The molecule has 0 fully saturated rings. The molecule has 1 aliphatic rings. The van der Waals surface area contributed by atoms with Crippen LogP contribution in [0.4, 0.5) is 28.4 Å². The number of alkyl halides is 3. The fourth-order valence-electron chi connectivity index (χ4n) is 3.42. The smallest absolute Gasteiger partial charge is 0.434 e. The highest BCUT2D eigenvalue weighted by molar-refractivity contribution is 6.02. The van der Waals surface area contributed by atoms with E-state index < -0.39 is 29.9 Å². The van der Waals surface area contributed by atoms with Gasteiger partial charge in [-0.15, -0.1) is 0 Å². The van der Waals surface area contributed by atoms with E-state index in [9.17, 15) is 22.8 Å². The lowest BCUT2D eigenvalue weighted by atomic mass is 9.98. The number of rotatable bonds is 2. The second-order valence-corrected chi connectivity index (χ2v) is 6.80. The highest BCUT2D eigenvalue weighted by Crippen LogP contribution is 2.38. The zero-order chi connectivity index (χ0) is 22.2. The molecule has 0 spiro atoms. The van der Waals surface area contributed by atoms with Gasteiger partial charge < -0.3 is 20.1 Å². The largest absolute Gasteiger partial charge is 0.493 e. The summed E-state index contributed by atoms with van der Waals surface area (Å²) in [6.45, 7) is 0.167. The number of hydrogen-bond acceptors (Lipinski definition) is 5. The van der Waals surface area contributed by atoms with E-state index in [-0.39, 0.29) is 12.4 Å². The highest BCUT2D eigenvalue weighted by Gasteiger charge is 2.33. The quantitative estimate of drug-likeness (QED) is 0.627. The third kappa shape index (κ3) is 3.98. The van der Waals surface area contributed by atoms with Gasteiger partial charge in [0.05, 0.1) is 42.7 Å². The second-order valence-electron chi connectivity index (χ2n) is 6.80. The molecule has 8 nitrogen and oxygen atoms in total. The summed E-state index contributed by atoms with van der Waals surface area (Å²) in [4.78, 5) is 24.4. The first kappa shape index (κ1) is 20.5. The minimum absolute atomic E-state index is 0.0906. The molecule has 0 bridgehead atoms. The van der Waals surface area contributed by atoms with Crippen molar-refractivity contribution in [2.75, 3.05) is 19.0 Å². The Hall–Kier alpha value is -3.76. The number of benzene rings is 2. The Morgan fingerprint density at radius 3 is 2.81 bits per heavy atom. The number of anilines is 1. The van der Waals surface area contributed by atoms with Crippen LogP contribution in [0.1, 0.15) is 23.6 Å². The summed E-state index contributed by atoms with van der Waals surface area (Å²) in [6.07, 6.45) is -3.34. The Morgan fingerprint density at radius 1 is 1.26 bits per heavy atom. The number of halogens is 3. The number of aromatic nitrogens is 2. The van der Waals surface area contributed by atoms with E-state index in [2.05, 4.69) is 20.5 Å². The van der Waals surface area contributed by atoms with Crippen molar-refractivity contribution in [1.29, 1.82) is 0 Å². The lowest BCUT2D eigenvalue weighted by Gasteiger charge is -2.27. The van der Waals surface area contributed by atoms with E-state index in [1.807, 2.05) is 0 Å². The number of hydrogen-bond donors (Lipinski definition) is 2. The topological polar surface area (TPSA) is 94.5 Å². The Bertz CT molecular complexity index is 1160. The molecule has 4 rings (SSSR count). The summed E-state index contributed by atoms with van der Waals surface area (Å²) in [7, 11) is 1.23. The number of amides is 2. The summed E-state index contributed by atoms with van der Waals surface area (Å²) in [6, 6.07) is 7.04. The number of fused-ring (bicyclic) bond motifs is 2. The summed E-state index contributed by atoms with van der Waals surface area (Å²) in [5.41, 5.74) is 0.502. The fraction of sp³-hybridized carbons (Fsp3) is 0.250. The van der Waals surface area contributed by atoms with E-state index in [1.165, 1.54) is 19.4 Å². The number of ether oxygens (including phenoxy) is 2. The van der Waals surface area contributed by atoms with Crippen LogP contribution in [0.5, 0.6) is 5.75 Å². The first-order valence-electron chi connectivity index (χ1n) is 9.24. The van der Waals surface area contributed by atoms with Gasteiger partial charge in [-0.25, -0.2) is 9.59 Å². The van der Waals surface area contributed by atoms with Crippen LogP contribution >= 0.6 is 0 Å². The molecule has 1 aliphatic heterocycles. The van der Waals surface area contributed by atoms with Gasteiger partial charge in [0.1, 0.15) is 5.75 Å². The van der Waals surface area contributed by atoms with Crippen molar-refractivity contribution in [3.05, 3.63) is 53.7 Å². The van der Waals surface area contributed by atoms with Gasteiger partial charge in [0.25, 0.3) is 0 Å². The Morgan fingerprint density at radius 2 is 2.06 bits per heavy atom. The molecule has 3 aromatic rings. The molecule has 162 valence electrons. The predicted molar refractivity (Wildman–Crippen MR) is 104 cm³/mol. The standard InChI is InChI=1S/C20H17F3N4O4/c1-30-19(29)27-16-4-2-3-14(13(16)10-24-27)25-18(28)26-15-7-8-31-17-9-11(20(21,22)23)5-6-12(15)17/h2-6,9-10,15H,7-8H2,1H3,(H2,25,26,28). The lowest BCUT2D eigenvalue weighted by Crippen LogP contribution is -2.35. The van der Waals surface area contributed by atoms with Crippen molar-refractivity contribution in [3.63, 3.8) is 0 Å². The Labute approximate surface area is 173 Å². The summed E-state index contributed by atoms with van der Waals surface area (Å²) >= 11 is 0. The zero-order valence-corrected chi connectivity index (χ0v) is 16.2. The van der Waals surface area contributed by atoms with Crippen LogP contribution in [0.3, 0.4) is 0 Å². The van der Waals surface area contributed by atoms with Crippen molar-refractivity contribution in [2.45, 2.75) is 18.6 Å². The summed E-state index contributed by atoms with van der Waals surface area (Å²) in [5, 5.41) is 9.94. The molecule has 0 radical (unpaired) electrons. The molecule has 1 atom stereocenters. The summed E-state index contributed by atoms with van der Waals surface area (Å²) < 4.78 is 49.9. The Balaban J connectivity index is 1.53. The normalized spacial score (nSPS) is 15.7. The highest BCUT2D eigenvalue weighted by atomic mass is 19.4. The van der Waals surface area contributed by atoms with Gasteiger partial charge in [-0.05, 0) is 24.3 Å². The average molecular weight is 434 g/mol. The molecule has 0 saturated carbocycles. The average Bonchev–Trinajstić information content (AvgIpc) is 3.17. The van der Waals surface area contributed by atoms with Crippen molar-refractivity contribution < 1.29 is 32.2 Å². The number of carbonyl (C=O) groups is 2. The van der Waals surface area contributed by atoms with Gasteiger partial charge in [-0.2, -0.15) is 23.0 Å². The number of carbonyl (C=O) groups excluding carboxylic acids is 2. The molecule has 0 aliphatic carbocycles. The molecule has 2 amide bonds. The predicted octanol–water partition coefficient (Wildman–Crippen LogP) is 4.31. The van der Waals surface area contributed by atoms with Gasteiger partial charge in [-0.3, -0.25) is 0 Å². The van der Waals surface area contributed by atoms with Crippen molar-refractivity contribution in [2.24, 2.45) is 0 Å². The maximum absolute atomic E-state index is 12.9. The van der Waals surface area contributed by atoms with Gasteiger partial charge in [0, 0.05) is 17.4 Å². The van der Waals surface area contributed by atoms with Gasteiger partial charge in [-0.1, -0.05) is 12.1 Å². The minimum Gasteiger partial charge on any atom is -0.493 e. The van der Waals surface area contributed by atoms with Gasteiger partial charge in [0.2, 0.25) is 0 Å². The summed E-state index contributed by atoms with van der Waals surface area (Å²) in [5.74, 6) is 0.0906. The molecule has 1 unspecified atom stereocenters. The van der Waals surface area contributed by atoms with Crippen molar-refractivity contribution in [1.82, 2.24) is 15.1 Å². The van der Waals surface area contributed by atoms with Crippen molar-refractivity contribution >= 4 is 28.7 Å². The number of methoxy groups -OCH3 is 1.